The van der Waals surface area contributed by atoms with Gasteiger partial charge in [0.2, 0.25) is 0 Å². The normalized spacial score (nSPS) is 15.7. The standard InChI is InChI=1S/C40H27NS/c1-2-14-31(15-3-1)41(32-25-23-29(24-26-32)35-19-9-12-28-11-4-5-17-34(28)35)33-16-8-13-30(27-33)36-20-10-21-38-37-18-6-7-22-39(37)42-40(36)38/h1-27H/i1D,2D,3D,8D,13D,14D,15D,16D,23D,24D,25D,26D,27D. The lowest BCUT2D eigenvalue weighted by molar-refractivity contribution is 1.28. The Morgan fingerprint density at radius 2 is 1.14 bits per heavy atom. The molecule has 0 bridgehead atoms. The molecule has 0 spiro atoms. The molecule has 0 aliphatic rings. The maximum Gasteiger partial charge on any atom is 0.0651 e. The first kappa shape index (κ1) is 14.6. The Morgan fingerprint density at radius 3 is 2.02 bits per heavy atom. The number of anilines is 3. The molecular weight excluding hydrogens is 527 g/mol. The highest BCUT2D eigenvalue weighted by atomic mass is 32.1. The summed E-state index contributed by atoms with van der Waals surface area (Å²) in [7, 11) is 0. The van der Waals surface area contributed by atoms with Crippen molar-refractivity contribution in [3.05, 3.63) is 163 Å². The van der Waals surface area contributed by atoms with E-state index in [-0.39, 0.29) is 11.1 Å². The summed E-state index contributed by atoms with van der Waals surface area (Å²) >= 11 is 1.41. The summed E-state index contributed by atoms with van der Waals surface area (Å²) in [6, 6.07) is 16.8. The molecular formula is C40H27NS. The maximum absolute atomic E-state index is 9.68. The molecule has 2 heteroatoms. The second-order valence-electron chi connectivity index (χ2n) is 9.56. The number of benzene rings is 7. The van der Waals surface area contributed by atoms with Gasteiger partial charge in [0.25, 0.3) is 0 Å². The van der Waals surface area contributed by atoms with Gasteiger partial charge in [-0.2, -0.15) is 0 Å². The van der Waals surface area contributed by atoms with E-state index in [1.165, 1.54) is 11.3 Å². The Kier molecular flexibility index (Phi) is 3.60. The fourth-order valence-electron chi connectivity index (χ4n) is 5.21. The van der Waals surface area contributed by atoms with Gasteiger partial charge in [-0.15, -0.1) is 11.3 Å². The molecule has 0 fully saturated rings. The molecule has 0 N–H and O–H groups in total. The third kappa shape index (κ3) is 4.25. The van der Waals surface area contributed by atoms with Crippen LogP contribution in [-0.4, -0.2) is 0 Å². The Bertz CT molecular complexity index is 2880. The number of hydrogen-bond acceptors (Lipinski definition) is 2. The minimum atomic E-state index is -0.797. The number of thiophene rings is 1. The van der Waals surface area contributed by atoms with Crippen LogP contribution in [0.25, 0.3) is 53.2 Å². The molecule has 0 aliphatic heterocycles. The van der Waals surface area contributed by atoms with Crippen molar-refractivity contribution < 1.29 is 17.8 Å². The van der Waals surface area contributed by atoms with Gasteiger partial charge in [0.1, 0.15) is 0 Å². The van der Waals surface area contributed by atoms with Gasteiger partial charge in [0, 0.05) is 37.2 Å². The smallest absolute Gasteiger partial charge is 0.0651 e. The Labute approximate surface area is 267 Å². The summed E-state index contributed by atoms with van der Waals surface area (Å²) < 4.78 is 119. The second-order valence-corrected chi connectivity index (χ2v) is 10.6. The molecule has 0 saturated carbocycles. The van der Waals surface area contributed by atoms with Crippen LogP contribution in [0.3, 0.4) is 0 Å². The highest BCUT2D eigenvalue weighted by Gasteiger charge is 2.16. The van der Waals surface area contributed by atoms with Crippen LogP contribution in [0.4, 0.5) is 17.1 Å². The molecule has 0 aliphatic carbocycles. The van der Waals surface area contributed by atoms with E-state index in [4.69, 9.17) is 9.60 Å². The van der Waals surface area contributed by atoms with Gasteiger partial charge in [-0.3, -0.25) is 0 Å². The zero-order valence-electron chi connectivity index (χ0n) is 34.9. The van der Waals surface area contributed by atoms with Crippen molar-refractivity contribution in [1.29, 1.82) is 0 Å². The first-order valence-electron chi connectivity index (χ1n) is 19.7. The zero-order chi connectivity index (χ0) is 39.2. The highest BCUT2D eigenvalue weighted by molar-refractivity contribution is 7.26. The van der Waals surface area contributed by atoms with E-state index in [2.05, 4.69) is 0 Å². The average Bonchev–Trinajstić information content (AvgIpc) is 3.57. The minimum absolute atomic E-state index is 0.0476. The predicted octanol–water partition coefficient (Wildman–Crippen LogP) is 12.0. The van der Waals surface area contributed by atoms with Gasteiger partial charge < -0.3 is 4.90 Å². The van der Waals surface area contributed by atoms with E-state index >= 15 is 0 Å². The lowest BCUT2D eigenvalue weighted by Gasteiger charge is -2.26. The van der Waals surface area contributed by atoms with Crippen LogP contribution < -0.4 is 4.90 Å². The summed E-state index contributed by atoms with van der Waals surface area (Å²) in [5.74, 6) is 0. The monoisotopic (exact) mass is 566 g/mol. The van der Waals surface area contributed by atoms with Crippen LogP contribution in [-0.2, 0) is 0 Å². The Balaban J connectivity index is 1.51. The average molecular weight is 567 g/mol. The third-order valence-corrected chi connectivity index (χ3v) is 8.33. The fourth-order valence-corrected chi connectivity index (χ4v) is 6.43. The van der Waals surface area contributed by atoms with E-state index in [9.17, 15) is 8.22 Å². The van der Waals surface area contributed by atoms with Gasteiger partial charge in [0.15, 0.2) is 0 Å². The van der Waals surface area contributed by atoms with E-state index in [0.717, 1.165) is 25.8 Å². The van der Waals surface area contributed by atoms with E-state index in [0.29, 0.717) is 21.2 Å². The summed E-state index contributed by atoms with van der Waals surface area (Å²) in [5, 5.41) is 3.21. The number of rotatable bonds is 5. The highest BCUT2D eigenvalue weighted by Crippen LogP contribution is 2.42. The summed E-state index contributed by atoms with van der Waals surface area (Å²) in [6.45, 7) is 0. The van der Waals surface area contributed by atoms with Crippen LogP contribution in [0.15, 0.2) is 163 Å². The van der Waals surface area contributed by atoms with Crippen molar-refractivity contribution in [2.75, 3.05) is 4.90 Å². The Morgan fingerprint density at radius 1 is 0.476 bits per heavy atom. The van der Waals surface area contributed by atoms with Gasteiger partial charge in [-0.1, -0.05) is 121 Å². The zero-order valence-corrected chi connectivity index (χ0v) is 22.8. The van der Waals surface area contributed by atoms with Crippen molar-refractivity contribution in [3.63, 3.8) is 0 Å². The quantitative estimate of drug-likeness (QED) is 0.200. The van der Waals surface area contributed by atoms with Crippen LogP contribution in [0.2, 0.25) is 0 Å². The van der Waals surface area contributed by atoms with Crippen molar-refractivity contribution in [2.45, 2.75) is 0 Å². The first-order chi connectivity index (χ1) is 26.3. The van der Waals surface area contributed by atoms with Gasteiger partial charge in [-0.25, -0.2) is 0 Å². The molecule has 0 saturated heterocycles. The molecule has 1 heterocycles. The molecule has 198 valence electrons. The van der Waals surface area contributed by atoms with Crippen molar-refractivity contribution in [1.82, 2.24) is 0 Å². The number of nitrogens with zero attached hydrogens (tertiary/aromatic N) is 1. The molecule has 7 aromatic carbocycles. The molecule has 1 nitrogen and oxygen atoms in total. The van der Waals surface area contributed by atoms with Crippen LogP contribution in [0.1, 0.15) is 17.8 Å². The van der Waals surface area contributed by atoms with E-state index in [1.54, 1.807) is 36.4 Å². The van der Waals surface area contributed by atoms with Gasteiger partial charge in [0.05, 0.1) is 17.8 Å². The number of para-hydroxylation sites is 1. The summed E-state index contributed by atoms with van der Waals surface area (Å²) in [6.07, 6.45) is 0. The predicted molar refractivity (Wildman–Crippen MR) is 182 cm³/mol. The lowest BCUT2D eigenvalue weighted by Crippen LogP contribution is -2.09. The maximum atomic E-state index is 9.68. The van der Waals surface area contributed by atoms with Gasteiger partial charge >= 0.3 is 0 Å². The molecule has 42 heavy (non-hydrogen) atoms. The Hall–Kier alpha value is -5.18. The minimum Gasteiger partial charge on any atom is -0.310 e. The topological polar surface area (TPSA) is 3.24 Å². The largest absolute Gasteiger partial charge is 0.310 e. The van der Waals surface area contributed by atoms with E-state index in [1.807, 2.05) is 48.5 Å². The second kappa shape index (κ2) is 10.3. The van der Waals surface area contributed by atoms with Crippen molar-refractivity contribution in [3.8, 4) is 22.3 Å². The van der Waals surface area contributed by atoms with Crippen LogP contribution in [0.5, 0.6) is 0 Å². The molecule has 8 rings (SSSR count). The molecule has 0 amide bonds. The summed E-state index contributed by atoms with van der Waals surface area (Å²) in [4.78, 5) is 0.810. The van der Waals surface area contributed by atoms with E-state index < -0.39 is 95.6 Å². The molecule has 0 radical (unpaired) electrons. The number of fused-ring (bicyclic) bond motifs is 4. The van der Waals surface area contributed by atoms with Gasteiger partial charge in [-0.05, 0) is 75.3 Å². The van der Waals surface area contributed by atoms with Crippen LogP contribution in [0, 0.1) is 0 Å². The molecule has 0 unspecified atom stereocenters. The molecule has 0 atom stereocenters. The first-order valence-corrected chi connectivity index (χ1v) is 14.0. The summed E-state index contributed by atoms with van der Waals surface area (Å²) in [5.41, 5.74) is -1.13. The van der Waals surface area contributed by atoms with Crippen molar-refractivity contribution in [2.24, 2.45) is 0 Å². The molecule has 1 aromatic heterocycles. The fraction of sp³-hybridized carbons (Fsp3) is 0. The lowest BCUT2D eigenvalue weighted by atomic mass is 9.98. The third-order valence-electron chi connectivity index (χ3n) is 7.11. The SMILES string of the molecule is [2H]c1c([2H])c([2H])c(N(c2c([2H])c([2H])c(-c3cccc4ccccc34)c([2H])c2[2H])c2c([2H])c([2H])c([2H])c(-c3cccc4c3sc3ccccc34)c2[2H])c([2H])c1[2H]. The number of hydrogen-bond donors (Lipinski definition) is 0. The molecule has 8 aromatic rings. The van der Waals surface area contributed by atoms with Crippen molar-refractivity contribution >= 4 is 59.3 Å². The van der Waals surface area contributed by atoms with Crippen LogP contribution >= 0.6 is 11.3 Å².